The molecule has 3 nitrogen and oxygen atoms in total. The largest absolute Gasteiger partial charge is 0.496 e. The molecule has 1 rings (SSSR count). The number of carbonyl (C=O) groups excluding carboxylic acids is 1. The van der Waals surface area contributed by atoms with Gasteiger partial charge in [-0.25, -0.2) is 0 Å². The molecular weight excluding hydrogens is 262 g/mol. The van der Waals surface area contributed by atoms with Gasteiger partial charge in [0.05, 0.1) is 12.7 Å². The normalized spacial score (nSPS) is 11.9. The zero-order chi connectivity index (χ0) is 16.4. The Morgan fingerprint density at radius 1 is 1.10 bits per heavy atom. The summed E-state index contributed by atoms with van der Waals surface area (Å²) in [5, 5.41) is 0. The van der Waals surface area contributed by atoms with Crippen molar-refractivity contribution in [2.75, 3.05) is 7.11 Å². The van der Waals surface area contributed by atoms with Crippen LogP contribution in [0.3, 0.4) is 0 Å². The van der Waals surface area contributed by atoms with Gasteiger partial charge in [0.15, 0.2) is 0 Å². The molecule has 0 aliphatic rings. The van der Waals surface area contributed by atoms with Crippen LogP contribution in [0.15, 0.2) is 18.2 Å². The Morgan fingerprint density at radius 2 is 1.62 bits per heavy atom. The highest BCUT2D eigenvalue weighted by molar-refractivity contribution is 5.99. The van der Waals surface area contributed by atoms with Crippen LogP contribution in [0, 0.1) is 0 Å². The second kappa shape index (κ2) is 6.50. The maximum absolute atomic E-state index is 13.1. The molecule has 0 spiro atoms. The van der Waals surface area contributed by atoms with Crippen molar-refractivity contribution in [2.45, 2.75) is 66.0 Å². The van der Waals surface area contributed by atoms with Crippen LogP contribution in [0.1, 0.15) is 64.4 Å². The number of carbonyl (C=O) groups is 1. The third-order valence-electron chi connectivity index (χ3n) is 3.62. The van der Waals surface area contributed by atoms with Crippen LogP contribution in [0.5, 0.6) is 5.75 Å². The summed E-state index contributed by atoms with van der Waals surface area (Å²) < 4.78 is 5.46. The van der Waals surface area contributed by atoms with Crippen LogP contribution >= 0.6 is 0 Å². The predicted molar refractivity (Wildman–Crippen MR) is 88.1 cm³/mol. The molecular formula is C18H29NO2. The highest BCUT2D eigenvalue weighted by atomic mass is 16.5. The van der Waals surface area contributed by atoms with E-state index >= 15 is 0 Å². The van der Waals surface area contributed by atoms with Gasteiger partial charge in [0.25, 0.3) is 5.91 Å². The summed E-state index contributed by atoms with van der Waals surface area (Å²) >= 11 is 0. The van der Waals surface area contributed by atoms with Crippen LogP contribution in [0.4, 0.5) is 0 Å². The smallest absolute Gasteiger partial charge is 0.258 e. The molecule has 0 unspecified atom stereocenters. The first kappa shape index (κ1) is 17.5. The van der Waals surface area contributed by atoms with Gasteiger partial charge < -0.3 is 9.64 Å². The lowest BCUT2D eigenvalue weighted by Gasteiger charge is -2.33. The number of hydrogen-bond donors (Lipinski definition) is 0. The van der Waals surface area contributed by atoms with Gasteiger partial charge in [0.1, 0.15) is 5.75 Å². The minimum Gasteiger partial charge on any atom is -0.496 e. The van der Waals surface area contributed by atoms with Gasteiger partial charge in [0, 0.05) is 12.1 Å². The monoisotopic (exact) mass is 291 g/mol. The molecule has 0 saturated carbocycles. The first-order valence-corrected chi connectivity index (χ1v) is 7.61. The van der Waals surface area contributed by atoms with Crippen LogP contribution in [-0.2, 0) is 5.41 Å². The second-order valence-electron chi connectivity index (χ2n) is 7.03. The van der Waals surface area contributed by atoms with Gasteiger partial charge in [-0.1, -0.05) is 32.9 Å². The summed E-state index contributed by atoms with van der Waals surface area (Å²) in [5.41, 5.74) is 1.60. The summed E-state index contributed by atoms with van der Waals surface area (Å²) in [6.07, 6.45) is 0. The van der Waals surface area contributed by atoms with E-state index in [0.717, 1.165) is 5.56 Å². The van der Waals surface area contributed by atoms with E-state index in [0.29, 0.717) is 11.3 Å². The lowest BCUT2D eigenvalue weighted by molar-refractivity contribution is 0.0637. The van der Waals surface area contributed by atoms with Crippen LogP contribution in [0.25, 0.3) is 0 Å². The molecule has 0 aliphatic heterocycles. The Bertz CT molecular complexity index is 490. The second-order valence-corrected chi connectivity index (χ2v) is 7.03. The lowest BCUT2D eigenvalue weighted by Crippen LogP contribution is -2.43. The van der Waals surface area contributed by atoms with Crippen molar-refractivity contribution in [1.82, 2.24) is 4.90 Å². The molecule has 0 saturated heterocycles. The Hall–Kier alpha value is -1.51. The Kier molecular flexibility index (Phi) is 5.43. The summed E-state index contributed by atoms with van der Waals surface area (Å²) in [5.74, 6) is 0.695. The molecule has 0 aliphatic carbocycles. The van der Waals surface area contributed by atoms with E-state index in [1.165, 1.54) is 0 Å². The van der Waals surface area contributed by atoms with E-state index < -0.39 is 0 Å². The zero-order valence-electron chi connectivity index (χ0n) is 14.7. The Balaban J connectivity index is 3.49. The zero-order valence-corrected chi connectivity index (χ0v) is 14.7. The van der Waals surface area contributed by atoms with Crippen LogP contribution < -0.4 is 4.74 Å². The lowest BCUT2D eigenvalue weighted by atomic mass is 9.83. The molecule has 0 radical (unpaired) electrons. The number of hydrogen-bond acceptors (Lipinski definition) is 2. The van der Waals surface area contributed by atoms with Crippen molar-refractivity contribution >= 4 is 5.91 Å². The standard InChI is InChI=1S/C18H29NO2/c1-12(2)19(13(3)4)17(20)16-14(18(5,6)7)10-9-11-15(16)21-8/h9-13H,1-8H3. The van der Waals surface area contributed by atoms with Gasteiger partial charge in [-0.2, -0.15) is 0 Å². The van der Waals surface area contributed by atoms with E-state index in [1.807, 2.05) is 50.8 Å². The third-order valence-corrected chi connectivity index (χ3v) is 3.62. The SMILES string of the molecule is COc1cccc(C(C)(C)C)c1C(=O)N(C(C)C)C(C)C. The highest BCUT2D eigenvalue weighted by Gasteiger charge is 2.30. The van der Waals surface area contributed by atoms with E-state index in [4.69, 9.17) is 4.74 Å². The van der Waals surface area contributed by atoms with Gasteiger partial charge in [0.2, 0.25) is 0 Å². The number of benzene rings is 1. The van der Waals surface area contributed by atoms with Crippen molar-refractivity contribution in [1.29, 1.82) is 0 Å². The van der Waals surface area contributed by atoms with Crippen LogP contribution in [-0.4, -0.2) is 30.0 Å². The number of amides is 1. The van der Waals surface area contributed by atoms with Gasteiger partial charge in [-0.15, -0.1) is 0 Å². The average Bonchev–Trinajstić information content (AvgIpc) is 2.35. The van der Waals surface area contributed by atoms with E-state index in [1.54, 1.807) is 7.11 Å². The molecule has 1 aromatic carbocycles. The Morgan fingerprint density at radius 3 is 2.00 bits per heavy atom. The minimum atomic E-state index is -0.112. The molecule has 0 bridgehead atoms. The molecule has 118 valence electrons. The van der Waals surface area contributed by atoms with E-state index in [9.17, 15) is 4.79 Å². The summed E-state index contributed by atoms with van der Waals surface area (Å²) in [6.45, 7) is 14.5. The predicted octanol–water partition coefficient (Wildman–Crippen LogP) is 4.25. The van der Waals surface area contributed by atoms with Crippen molar-refractivity contribution in [3.05, 3.63) is 29.3 Å². The summed E-state index contributed by atoms with van der Waals surface area (Å²) in [6, 6.07) is 6.13. The molecule has 0 aromatic heterocycles. The average molecular weight is 291 g/mol. The maximum atomic E-state index is 13.1. The molecule has 21 heavy (non-hydrogen) atoms. The van der Waals surface area contributed by atoms with Gasteiger partial charge in [-0.3, -0.25) is 4.79 Å². The molecule has 0 heterocycles. The fourth-order valence-corrected chi connectivity index (χ4v) is 2.74. The van der Waals surface area contributed by atoms with Crippen molar-refractivity contribution in [3.63, 3.8) is 0 Å². The van der Waals surface area contributed by atoms with Gasteiger partial charge >= 0.3 is 0 Å². The van der Waals surface area contributed by atoms with Crippen molar-refractivity contribution in [2.24, 2.45) is 0 Å². The van der Waals surface area contributed by atoms with E-state index in [2.05, 4.69) is 20.8 Å². The molecule has 1 aromatic rings. The van der Waals surface area contributed by atoms with Crippen molar-refractivity contribution < 1.29 is 9.53 Å². The number of rotatable bonds is 4. The Labute approximate surface area is 129 Å². The third kappa shape index (κ3) is 3.78. The quantitative estimate of drug-likeness (QED) is 0.830. The highest BCUT2D eigenvalue weighted by Crippen LogP contribution is 2.33. The fraction of sp³-hybridized carbons (Fsp3) is 0.611. The summed E-state index contributed by atoms with van der Waals surface area (Å²) in [4.78, 5) is 15.0. The first-order chi connectivity index (χ1) is 9.61. The maximum Gasteiger partial charge on any atom is 0.258 e. The minimum absolute atomic E-state index is 0.0439. The molecule has 0 atom stereocenters. The van der Waals surface area contributed by atoms with Crippen molar-refractivity contribution in [3.8, 4) is 5.75 Å². The fourth-order valence-electron chi connectivity index (χ4n) is 2.74. The molecule has 3 heteroatoms. The molecule has 0 fully saturated rings. The number of ether oxygens (including phenoxy) is 1. The van der Waals surface area contributed by atoms with Crippen LogP contribution in [0.2, 0.25) is 0 Å². The molecule has 0 N–H and O–H groups in total. The first-order valence-electron chi connectivity index (χ1n) is 7.61. The number of nitrogens with zero attached hydrogens (tertiary/aromatic N) is 1. The summed E-state index contributed by atoms with van der Waals surface area (Å²) in [7, 11) is 1.62. The molecule has 1 amide bonds. The topological polar surface area (TPSA) is 29.5 Å². The number of methoxy groups -OCH3 is 1. The van der Waals surface area contributed by atoms with E-state index in [-0.39, 0.29) is 23.4 Å². The van der Waals surface area contributed by atoms with Gasteiger partial charge in [-0.05, 0) is 44.7 Å².